The molecule has 3 aliphatic heterocycles. The lowest BCUT2D eigenvalue weighted by Crippen LogP contribution is -2.50. The second-order valence-electron chi connectivity index (χ2n) is 10.7. The highest BCUT2D eigenvalue weighted by atomic mass is 16.5. The van der Waals surface area contributed by atoms with Gasteiger partial charge in [-0.2, -0.15) is 5.10 Å². The van der Waals surface area contributed by atoms with Crippen molar-refractivity contribution in [1.29, 1.82) is 0 Å². The lowest BCUT2D eigenvalue weighted by atomic mass is 9.95. The fourth-order valence-corrected chi connectivity index (χ4v) is 6.00. The standard InChI is InChI=1S/C28H33N7O4/c1-17-13-19(10-11-34(17)28(37)38)33(2)24-9-8-23(31-32-24)21-7-6-20(22-14-25(36)30-27(21)22)18-15-29-35(16-18)26-5-3-4-12-39-26/h6-9,15-17,19,26H,3-5,10-14H2,1-2H3,(H,30,36)(H,37,38). The Kier molecular flexibility index (Phi) is 6.68. The van der Waals surface area contributed by atoms with Crippen molar-refractivity contribution in [3.63, 3.8) is 0 Å². The van der Waals surface area contributed by atoms with Crippen LogP contribution in [0.25, 0.3) is 22.4 Å². The number of carboxylic acid groups (broad SMARTS) is 1. The molecule has 3 aliphatic rings. The van der Waals surface area contributed by atoms with Crippen LogP contribution < -0.4 is 10.2 Å². The molecule has 2 saturated heterocycles. The summed E-state index contributed by atoms with van der Waals surface area (Å²) < 4.78 is 7.75. The average molecular weight is 532 g/mol. The lowest BCUT2D eigenvalue weighted by molar-refractivity contribution is -0.115. The number of carbonyl (C=O) groups is 2. The molecule has 0 bridgehead atoms. The van der Waals surface area contributed by atoms with Crippen LogP contribution in [0.3, 0.4) is 0 Å². The number of fused-ring (bicyclic) bond motifs is 1. The molecule has 3 atom stereocenters. The van der Waals surface area contributed by atoms with Gasteiger partial charge < -0.3 is 25.0 Å². The number of nitrogens with one attached hydrogen (secondary N) is 1. The van der Waals surface area contributed by atoms with Crippen molar-refractivity contribution >= 4 is 23.5 Å². The quantitative estimate of drug-likeness (QED) is 0.503. The summed E-state index contributed by atoms with van der Waals surface area (Å²) in [4.78, 5) is 27.5. The fraction of sp³-hybridized carbons (Fsp3) is 0.464. The maximum atomic E-state index is 12.5. The molecule has 11 heteroatoms. The highest BCUT2D eigenvalue weighted by molar-refractivity contribution is 6.06. The zero-order valence-corrected chi connectivity index (χ0v) is 22.2. The van der Waals surface area contributed by atoms with E-state index >= 15 is 0 Å². The Labute approximate surface area is 226 Å². The summed E-state index contributed by atoms with van der Waals surface area (Å²) in [6, 6.07) is 7.98. The Morgan fingerprint density at radius 2 is 2.00 bits per heavy atom. The zero-order valence-electron chi connectivity index (χ0n) is 22.2. The van der Waals surface area contributed by atoms with E-state index < -0.39 is 6.09 Å². The maximum Gasteiger partial charge on any atom is 0.407 e. The van der Waals surface area contributed by atoms with Crippen molar-refractivity contribution in [1.82, 2.24) is 24.9 Å². The number of ether oxygens (including phenoxy) is 1. The Bertz CT molecular complexity index is 1380. The molecular formula is C28H33N7O4. The maximum absolute atomic E-state index is 12.5. The van der Waals surface area contributed by atoms with E-state index in [1.807, 2.05) is 55.3 Å². The monoisotopic (exact) mass is 531 g/mol. The van der Waals surface area contributed by atoms with E-state index in [1.54, 1.807) is 0 Å². The summed E-state index contributed by atoms with van der Waals surface area (Å²) in [7, 11) is 1.97. The zero-order chi connectivity index (χ0) is 27.1. The molecule has 0 saturated carbocycles. The number of benzene rings is 1. The molecule has 2 fully saturated rings. The van der Waals surface area contributed by atoms with E-state index in [9.17, 15) is 14.7 Å². The number of nitrogens with zero attached hydrogens (tertiary/aromatic N) is 6. The molecule has 0 aliphatic carbocycles. The first-order valence-electron chi connectivity index (χ1n) is 13.6. The molecule has 0 radical (unpaired) electrons. The summed E-state index contributed by atoms with van der Waals surface area (Å²) in [6.07, 6.45) is 7.85. The summed E-state index contributed by atoms with van der Waals surface area (Å²) in [5.41, 5.74) is 5.13. The van der Waals surface area contributed by atoms with Gasteiger partial charge in [0.15, 0.2) is 5.82 Å². The molecule has 6 rings (SSSR count). The summed E-state index contributed by atoms with van der Waals surface area (Å²) in [5.74, 6) is 0.683. The normalized spacial score (nSPS) is 22.9. The molecule has 39 heavy (non-hydrogen) atoms. The number of carbonyl (C=O) groups excluding carboxylic acids is 1. The van der Waals surface area contributed by atoms with Crippen LogP contribution in [0.4, 0.5) is 16.3 Å². The number of aromatic nitrogens is 4. The summed E-state index contributed by atoms with van der Waals surface area (Å²) in [6.45, 7) is 3.19. The Morgan fingerprint density at radius 1 is 1.15 bits per heavy atom. The molecule has 2 N–H and O–H groups in total. The number of hydrogen-bond acceptors (Lipinski definition) is 7. The molecule has 3 aromatic rings. The molecule has 2 aromatic heterocycles. The van der Waals surface area contributed by atoms with Crippen LogP contribution in [-0.2, 0) is 16.0 Å². The van der Waals surface area contributed by atoms with Gasteiger partial charge in [0.25, 0.3) is 0 Å². The number of piperidine rings is 1. The fourth-order valence-electron chi connectivity index (χ4n) is 6.00. The second kappa shape index (κ2) is 10.3. The highest BCUT2D eigenvalue weighted by Crippen LogP contribution is 2.40. The van der Waals surface area contributed by atoms with Crippen molar-refractivity contribution in [2.24, 2.45) is 0 Å². The average Bonchev–Trinajstić information content (AvgIpc) is 3.59. The van der Waals surface area contributed by atoms with E-state index in [1.165, 1.54) is 4.90 Å². The third kappa shape index (κ3) is 4.82. The smallest absolute Gasteiger partial charge is 0.407 e. The van der Waals surface area contributed by atoms with E-state index in [-0.39, 0.29) is 24.2 Å². The Hall–Kier alpha value is -3.99. The molecule has 2 amide bonds. The second-order valence-corrected chi connectivity index (χ2v) is 10.7. The third-order valence-corrected chi connectivity index (χ3v) is 8.21. The first-order chi connectivity index (χ1) is 18.9. The lowest BCUT2D eigenvalue weighted by Gasteiger charge is -2.40. The van der Waals surface area contributed by atoms with Gasteiger partial charge in [0.05, 0.1) is 24.0 Å². The Balaban J connectivity index is 1.23. The number of anilines is 2. The first kappa shape index (κ1) is 25.3. The van der Waals surface area contributed by atoms with Gasteiger partial charge in [0, 0.05) is 49.6 Å². The predicted molar refractivity (Wildman–Crippen MR) is 145 cm³/mol. The molecule has 5 heterocycles. The number of hydrogen-bond donors (Lipinski definition) is 2. The van der Waals surface area contributed by atoms with Gasteiger partial charge in [0.1, 0.15) is 6.23 Å². The molecule has 0 spiro atoms. The van der Waals surface area contributed by atoms with Crippen LogP contribution in [-0.4, -0.2) is 74.3 Å². The van der Waals surface area contributed by atoms with E-state index in [0.717, 1.165) is 72.5 Å². The topological polar surface area (TPSA) is 126 Å². The van der Waals surface area contributed by atoms with Gasteiger partial charge in [-0.25, -0.2) is 9.48 Å². The minimum absolute atomic E-state index is 0.0422. The van der Waals surface area contributed by atoms with Crippen LogP contribution in [0.5, 0.6) is 0 Å². The van der Waals surface area contributed by atoms with Crippen molar-refractivity contribution in [3.05, 3.63) is 42.2 Å². The van der Waals surface area contributed by atoms with Gasteiger partial charge >= 0.3 is 6.09 Å². The van der Waals surface area contributed by atoms with Gasteiger partial charge in [-0.3, -0.25) is 4.79 Å². The minimum atomic E-state index is -0.870. The Morgan fingerprint density at radius 3 is 2.72 bits per heavy atom. The van der Waals surface area contributed by atoms with E-state index in [2.05, 4.69) is 25.5 Å². The van der Waals surface area contributed by atoms with Crippen LogP contribution in [0, 0.1) is 0 Å². The molecule has 1 aromatic carbocycles. The van der Waals surface area contributed by atoms with Crippen LogP contribution in [0.15, 0.2) is 36.7 Å². The van der Waals surface area contributed by atoms with Crippen molar-refractivity contribution in [3.8, 4) is 22.4 Å². The summed E-state index contributed by atoms with van der Waals surface area (Å²) in [5, 5.41) is 26.0. The van der Waals surface area contributed by atoms with Gasteiger partial charge in [-0.1, -0.05) is 12.1 Å². The number of rotatable bonds is 5. The van der Waals surface area contributed by atoms with Crippen molar-refractivity contribution < 1.29 is 19.4 Å². The number of likely N-dealkylation sites (tertiary alicyclic amines) is 1. The van der Waals surface area contributed by atoms with Crippen LogP contribution >= 0.6 is 0 Å². The van der Waals surface area contributed by atoms with Crippen molar-refractivity contribution in [2.45, 2.75) is 63.8 Å². The molecule has 11 nitrogen and oxygen atoms in total. The highest BCUT2D eigenvalue weighted by Gasteiger charge is 2.31. The molecular weight excluding hydrogens is 498 g/mol. The minimum Gasteiger partial charge on any atom is -0.465 e. The first-order valence-corrected chi connectivity index (χ1v) is 13.6. The van der Waals surface area contributed by atoms with Gasteiger partial charge in [-0.15, -0.1) is 10.2 Å². The van der Waals surface area contributed by atoms with Gasteiger partial charge in [0.2, 0.25) is 5.91 Å². The summed E-state index contributed by atoms with van der Waals surface area (Å²) >= 11 is 0. The molecule has 204 valence electrons. The number of amides is 2. The third-order valence-electron chi connectivity index (χ3n) is 8.21. The largest absolute Gasteiger partial charge is 0.465 e. The predicted octanol–water partition coefficient (Wildman–Crippen LogP) is 4.17. The van der Waals surface area contributed by atoms with Crippen LogP contribution in [0.1, 0.15) is 50.8 Å². The van der Waals surface area contributed by atoms with Crippen LogP contribution in [0.2, 0.25) is 0 Å². The SMILES string of the molecule is CC1CC(N(C)c2ccc(-c3ccc(-c4cnn(C5CCCCO5)c4)c4c3NC(=O)C4)nn2)CCN1C(=O)O. The van der Waals surface area contributed by atoms with Gasteiger partial charge in [-0.05, 0) is 62.3 Å². The van der Waals surface area contributed by atoms with E-state index in [4.69, 9.17) is 4.74 Å². The van der Waals surface area contributed by atoms with E-state index in [0.29, 0.717) is 18.7 Å². The molecule has 3 unspecified atom stereocenters. The van der Waals surface area contributed by atoms with Crippen molar-refractivity contribution in [2.75, 3.05) is 30.4 Å².